The van der Waals surface area contributed by atoms with Gasteiger partial charge in [-0.1, -0.05) is 6.92 Å². The lowest BCUT2D eigenvalue weighted by Gasteiger charge is -2.12. The monoisotopic (exact) mass is 305 g/mol. The zero-order valence-electron chi connectivity index (χ0n) is 11.8. The Kier molecular flexibility index (Phi) is 6.35. The van der Waals surface area contributed by atoms with Crippen LogP contribution in [0.3, 0.4) is 0 Å². The molecule has 9 heteroatoms. The van der Waals surface area contributed by atoms with Crippen LogP contribution < -0.4 is 16.0 Å². The highest BCUT2D eigenvalue weighted by atomic mass is 19.4. The third-order valence-electron chi connectivity index (χ3n) is 2.61. The first-order chi connectivity index (χ1) is 9.84. The van der Waals surface area contributed by atoms with Crippen LogP contribution in [0.1, 0.15) is 12.6 Å². The van der Waals surface area contributed by atoms with Crippen LogP contribution >= 0.6 is 0 Å². The van der Waals surface area contributed by atoms with Crippen molar-refractivity contribution in [3.05, 3.63) is 18.0 Å². The average Bonchev–Trinajstić information content (AvgIpc) is 2.43. The summed E-state index contributed by atoms with van der Waals surface area (Å²) in [5.74, 6) is -0.432. The SMILES string of the molecule is CNCC(C)C(=O)NCCNc1nccc(C(F)(F)F)n1. The summed E-state index contributed by atoms with van der Waals surface area (Å²) in [4.78, 5) is 18.6. The number of carbonyl (C=O) groups is 1. The number of nitrogens with one attached hydrogen (secondary N) is 3. The van der Waals surface area contributed by atoms with E-state index in [-0.39, 0.29) is 30.9 Å². The number of alkyl halides is 3. The number of anilines is 1. The molecule has 1 heterocycles. The third kappa shape index (κ3) is 5.94. The molecule has 1 aromatic heterocycles. The zero-order valence-corrected chi connectivity index (χ0v) is 11.8. The molecule has 0 saturated heterocycles. The van der Waals surface area contributed by atoms with Crippen LogP contribution in [-0.4, -0.2) is 42.6 Å². The second-order valence-electron chi connectivity index (χ2n) is 4.44. The van der Waals surface area contributed by atoms with Gasteiger partial charge in [0.2, 0.25) is 11.9 Å². The minimum atomic E-state index is -4.50. The molecule has 0 aromatic carbocycles. The molecule has 1 rings (SSSR count). The fraction of sp³-hybridized carbons (Fsp3) is 0.583. The first-order valence-electron chi connectivity index (χ1n) is 6.41. The molecule has 0 aliphatic carbocycles. The van der Waals surface area contributed by atoms with Crippen LogP contribution in [0.25, 0.3) is 0 Å². The van der Waals surface area contributed by atoms with Crippen molar-refractivity contribution in [2.45, 2.75) is 13.1 Å². The van der Waals surface area contributed by atoms with Crippen molar-refractivity contribution in [3.8, 4) is 0 Å². The molecule has 0 fully saturated rings. The molecule has 1 atom stereocenters. The van der Waals surface area contributed by atoms with E-state index in [4.69, 9.17) is 0 Å². The Balaban J connectivity index is 2.38. The number of carbonyl (C=O) groups excluding carboxylic acids is 1. The van der Waals surface area contributed by atoms with E-state index in [9.17, 15) is 18.0 Å². The Labute approximate surface area is 120 Å². The second-order valence-corrected chi connectivity index (χ2v) is 4.44. The molecule has 118 valence electrons. The molecule has 0 bridgehead atoms. The van der Waals surface area contributed by atoms with Gasteiger partial charge in [0.25, 0.3) is 0 Å². The summed E-state index contributed by atoms with van der Waals surface area (Å²) in [6.07, 6.45) is -3.47. The van der Waals surface area contributed by atoms with Crippen molar-refractivity contribution in [2.24, 2.45) is 5.92 Å². The summed E-state index contributed by atoms with van der Waals surface area (Å²) in [6, 6.07) is 0.798. The van der Waals surface area contributed by atoms with E-state index in [2.05, 4.69) is 25.9 Å². The van der Waals surface area contributed by atoms with Crippen LogP contribution in [0, 0.1) is 5.92 Å². The molecule has 1 aromatic rings. The maximum atomic E-state index is 12.4. The van der Waals surface area contributed by atoms with E-state index in [0.29, 0.717) is 6.54 Å². The van der Waals surface area contributed by atoms with Crippen LogP contribution in [0.15, 0.2) is 12.3 Å². The van der Waals surface area contributed by atoms with Gasteiger partial charge in [-0.25, -0.2) is 9.97 Å². The van der Waals surface area contributed by atoms with Crippen molar-refractivity contribution < 1.29 is 18.0 Å². The van der Waals surface area contributed by atoms with Gasteiger partial charge in [-0.2, -0.15) is 13.2 Å². The molecule has 0 radical (unpaired) electrons. The molecular formula is C12H18F3N5O. The normalized spacial score (nSPS) is 12.8. The number of rotatable bonds is 7. The van der Waals surface area contributed by atoms with E-state index in [1.54, 1.807) is 14.0 Å². The van der Waals surface area contributed by atoms with Gasteiger partial charge in [0, 0.05) is 31.7 Å². The molecule has 1 unspecified atom stereocenters. The highest BCUT2D eigenvalue weighted by Gasteiger charge is 2.32. The lowest BCUT2D eigenvalue weighted by molar-refractivity contribution is -0.141. The second kappa shape index (κ2) is 7.77. The van der Waals surface area contributed by atoms with Gasteiger partial charge in [0.1, 0.15) is 5.69 Å². The van der Waals surface area contributed by atoms with Crippen molar-refractivity contribution in [2.75, 3.05) is 32.0 Å². The summed E-state index contributed by atoms with van der Waals surface area (Å²) in [6.45, 7) is 2.83. The van der Waals surface area contributed by atoms with Crippen molar-refractivity contribution in [1.29, 1.82) is 0 Å². The fourth-order valence-electron chi connectivity index (χ4n) is 1.53. The molecule has 0 saturated carbocycles. The number of nitrogens with zero attached hydrogens (tertiary/aromatic N) is 2. The van der Waals surface area contributed by atoms with Gasteiger partial charge in [-0.15, -0.1) is 0 Å². The lowest BCUT2D eigenvalue weighted by Crippen LogP contribution is -2.36. The summed E-state index contributed by atoms with van der Waals surface area (Å²) in [5, 5.41) is 8.18. The summed E-state index contributed by atoms with van der Waals surface area (Å²) in [5.41, 5.74) is -1.01. The van der Waals surface area contributed by atoms with Gasteiger partial charge >= 0.3 is 6.18 Å². The van der Waals surface area contributed by atoms with E-state index in [1.165, 1.54) is 0 Å². The Bertz CT molecular complexity index is 466. The van der Waals surface area contributed by atoms with E-state index >= 15 is 0 Å². The number of hydrogen-bond acceptors (Lipinski definition) is 5. The molecule has 6 nitrogen and oxygen atoms in total. The van der Waals surface area contributed by atoms with Crippen LogP contribution in [0.2, 0.25) is 0 Å². The van der Waals surface area contributed by atoms with E-state index in [0.717, 1.165) is 12.3 Å². The molecular weight excluding hydrogens is 287 g/mol. The standard InChI is InChI=1S/C12H18F3N5O/c1-8(7-16-2)10(21)17-5-6-19-11-18-4-3-9(20-11)12(13,14)15/h3-4,8,16H,5-7H2,1-2H3,(H,17,21)(H,18,19,20). The smallest absolute Gasteiger partial charge is 0.354 e. The average molecular weight is 305 g/mol. The highest BCUT2D eigenvalue weighted by Crippen LogP contribution is 2.27. The first-order valence-corrected chi connectivity index (χ1v) is 6.41. The molecule has 3 N–H and O–H groups in total. The van der Waals surface area contributed by atoms with Crippen LogP contribution in [0.5, 0.6) is 0 Å². The summed E-state index contributed by atoms with van der Waals surface area (Å²) < 4.78 is 37.3. The zero-order chi connectivity index (χ0) is 15.9. The van der Waals surface area contributed by atoms with Gasteiger partial charge in [-0.3, -0.25) is 4.79 Å². The number of hydrogen-bond donors (Lipinski definition) is 3. The predicted octanol–water partition coefficient (Wildman–Crippen LogP) is 0.879. The number of halogens is 3. The quantitative estimate of drug-likeness (QED) is 0.652. The van der Waals surface area contributed by atoms with Gasteiger partial charge in [0.05, 0.1) is 0 Å². The maximum absolute atomic E-state index is 12.4. The predicted molar refractivity (Wildman–Crippen MR) is 71.6 cm³/mol. The van der Waals surface area contributed by atoms with Crippen LogP contribution in [-0.2, 0) is 11.0 Å². The van der Waals surface area contributed by atoms with Gasteiger partial charge < -0.3 is 16.0 Å². The van der Waals surface area contributed by atoms with E-state index in [1.807, 2.05) is 0 Å². The van der Waals surface area contributed by atoms with Crippen molar-refractivity contribution in [3.63, 3.8) is 0 Å². The minimum absolute atomic E-state index is 0.123. The third-order valence-corrected chi connectivity index (χ3v) is 2.61. The van der Waals surface area contributed by atoms with Crippen LogP contribution in [0.4, 0.5) is 19.1 Å². The Morgan fingerprint density at radius 3 is 2.71 bits per heavy atom. The van der Waals surface area contributed by atoms with Crippen molar-refractivity contribution >= 4 is 11.9 Å². The Hall–Kier alpha value is -1.90. The Morgan fingerprint density at radius 2 is 2.10 bits per heavy atom. The molecule has 21 heavy (non-hydrogen) atoms. The fourth-order valence-corrected chi connectivity index (χ4v) is 1.53. The molecule has 0 aliphatic heterocycles. The topological polar surface area (TPSA) is 78.9 Å². The van der Waals surface area contributed by atoms with Gasteiger partial charge in [0.15, 0.2) is 0 Å². The summed E-state index contributed by atoms with van der Waals surface area (Å²) >= 11 is 0. The first kappa shape index (κ1) is 17.2. The largest absolute Gasteiger partial charge is 0.433 e. The number of aromatic nitrogens is 2. The molecule has 0 aliphatic rings. The maximum Gasteiger partial charge on any atom is 0.433 e. The van der Waals surface area contributed by atoms with E-state index < -0.39 is 11.9 Å². The molecule has 1 amide bonds. The summed E-state index contributed by atoms with van der Waals surface area (Å²) in [7, 11) is 1.75. The Morgan fingerprint density at radius 1 is 1.38 bits per heavy atom. The minimum Gasteiger partial charge on any atom is -0.354 e. The lowest BCUT2D eigenvalue weighted by atomic mass is 10.1. The van der Waals surface area contributed by atoms with Crippen molar-refractivity contribution in [1.82, 2.24) is 20.6 Å². The molecule has 0 spiro atoms. The highest BCUT2D eigenvalue weighted by molar-refractivity contribution is 5.78. The van der Waals surface area contributed by atoms with Gasteiger partial charge in [-0.05, 0) is 13.1 Å². The number of amides is 1.